The maximum Gasteiger partial charge on any atom is 0.244 e. The van der Waals surface area contributed by atoms with Crippen molar-refractivity contribution in [3.05, 3.63) is 47.8 Å². The van der Waals surface area contributed by atoms with Crippen molar-refractivity contribution >= 4 is 32.4 Å². The molecule has 1 aromatic heterocycles. The van der Waals surface area contributed by atoms with E-state index in [1.165, 1.54) is 27.8 Å². The first-order valence-electron chi connectivity index (χ1n) is 10.8. The first-order chi connectivity index (χ1) is 16.5. The summed E-state index contributed by atoms with van der Waals surface area (Å²) < 4.78 is 43.9. The highest BCUT2D eigenvalue weighted by atomic mass is 32.2. The van der Waals surface area contributed by atoms with Gasteiger partial charge in [-0.05, 0) is 49.2 Å². The minimum atomic E-state index is -3.91. The molecule has 3 heterocycles. The van der Waals surface area contributed by atoms with E-state index in [4.69, 9.17) is 14.2 Å². The Morgan fingerprint density at radius 3 is 2.74 bits per heavy atom. The number of rotatable bonds is 6. The van der Waals surface area contributed by atoms with E-state index in [2.05, 4.69) is 10.3 Å². The van der Waals surface area contributed by atoms with Crippen LogP contribution in [0.2, 0.25) is 0 Å². The van der Waals surface area contributed by atoms with Gasteiger partial charge in [-0.1, -0.05) is 6.42 Å². The Labute approximate surface area is 201 Å². The number of carbonyl (C=O) groups is 1. The molecule has 0 spiro atoms. The van der Waals surface area contributed by atoms with E-state index in [0.717, 1.165) is 23.4 Å². The minimum Gasteiger partial charge on any atom is -0.497 e. The molecule has 11 heteroatoms. The van der Waals surface area contributed by atoms with Crippen molar-refractivity contribution in [1.29, 1.82) is 0 Å². The second kappa shape index (κ2) is 9.24. The molecule has 1 fully saturated rings. The SMILES string of the molecule is COc1ccc(-c2csc(NC(=O)[C@H]3CCCCN3S(=O)(=O)c3ccc4c(c3)OCO4)n2)cc1. The highest BCUT2D eigenvalue weighted by molar-refractivity contribution is 7.89. The lowest BCUT2D eigenvalue weighted by Gasteiger charge is -2.33. The van der Waals surface area contributed by atoms with Gasteiger partial charge < -0.3 is 19.5 Å². The summed E-state index contributed by atoms with van der Waals surface area (Å²) in [6, 6.07) is 11.1. The molecule has 5 rings (SSSR count). The molecule has 3 aromatic rings. The Morgan fingerprint density at radius 1 is 1.15 bits per heavy atom. The maximum atomic E-state index is 13.4. The van der Waals surface area contributed by atoms with E-state index in [1.807, 2.05) is 29.6 Å². The Bertz CT molecular complexity index is 1310. The monoisotopic (exact) mass is 501 g/mol. The molecule has 1 saturated heterocycles. The van der Waals surface area contributed by atoms with Crippen molar-refractivity contribution in [3.63, 3.8) is 0 Å². The zero-order valence-corrected chi connectivity index (χ0v) is 20.0. The lowest BCUT2D eigenvalue weighted by molar-refractivity contribution is -0.120. The van der Waals surface area contributed by atoms with Crippen LogP contribution in [0.3, 0.4) is 0 Å². The number of benzene rings is 2. The van der Waals surface area contributed by atoms with Crippen LogP contribution in [-0.2, 0) is 14.8 Å². The average molecular weight is 502 g/mol. The number of piperidine rings is 1. The molecule has 1 N–H and O–H groups in total. The molecule has 9 nitrogen and oxygen atoms in total. The standard InChI is InChI=1S/C23H23N3O6S2/c1-30-16-7-5-15(6-8-16)18-13-33-23(24-18)25-22(27)19-4-2-3-11-26(19)34(28,29)17-9-10-20-21(12-17)32-14-31-20/h5-10,12-13,19H,2-4,11,14H2,1H3,(H,24,25,27)/t19-/m1/s1. The number of thiazole rings is 1. The molecule has 1 atom stereocenters. The van der Waals surface area contributed by atoms with Crippen LogP contribution in [0.1, 0.15) is 19.3 Å². The highest BCUT2D eigenvalue weighted by Crippen LogP contribution is 2.36. The number of hydrogen-bond donors (Lipinski definition) is 1. The van der Waals surface area contributed by atoms with Crippen LogP contribution in [0, 0.1) is 0 Å². The Kier molecular flexibility index (Phi) is 6.15. The van der Waals surface area contributed by atoms with Gasteiger partial charge in [0.1, 0.15) is 11.8 Å². The van der Waals surface area contributed by atoms with Crippen molar-refractivity contribution in [1.82, 2.24) is 9.29 Å². The average Bonchev–Trinajstić information content (AvgIpc) is 3.53. The summed E-state index contributed by atoms with van der Waals surface area (Å²) in [6.45, 7) is 0.323. The number of aromatic nitrogens is 1. The van der Waals surface area contributed by atoms with Crippen LogP contribution in [0.25, 0.3) is 11.3 Å². The fourth-order valence-corrected chi connectivity index (χ4v) is 6.44. The van der Waals surface area contributed by atoms with Gasteiger partial charge in [0.15, 0.2) is 16.6 Å². The molecule has 0 unspecified atom stereocenters. The number of hydrogen-bond acceptors (Lipinski definition) is 8. The van der Waals surface area contributed by atoms with Crippen LogP contribution in [-0.4, -0.2) is 50.1 Å². The van der Waals surface area contributed by atoms with E-state index in [1.54, 1.807) is 13.2 Å². The Hall–Kier alpha value is -3.15. The van der Waals surface area contributed by atoms with Crippen molar-refractivity contribution in [2.75, 3.05) is 25.8 Å². The summed E-state index contributed by atoms with van der Waals surface area (Å²) in [6.07, 6.45) is 1.89. The second-order valence-corrected chi connectivity index (χ2v) is 10.6. The van der Waals surface area contributed by atoms with Gasteiger partial charge in [0.05, 0.1) is 17.7 Å². The summed E-state index contributed by atoms with van der Waals surface area (Å²) in [4.78, 5) is 17.7. The van der Waals surface area contributed by atoms with Gasteiger partial charge >= 0.3 is 0 Å². The third-order valence-electron chi connectivity index (χ3n) is 5.83. The summed E-state index contributed by atoms with van der Waals surface area (Å²) in [5, 5.41) is 5.08. The third kappa shape index (κ3) is 4.33. The molecule has 0 radical (unpaired) electrons. The quantitative estimate of drug-likeness (QED) is 0.548. The molecular weight excluding hydrogens is 478 g/mol. The third-order valence-corrected chi connectivity index (χ3v) is 8.49. The van der Waals surface area contributed by atoms with Crippen LogP contribution in [0.4, 0.5) is 5.13 Å². The molecule has 0 saturated carbocycles. The number of nitrogens with zero attached hydrogens (tertiary/aromatic N) is 2. The van der Waals surface area contributed by atoms with Crippen molar-refractivity contribution in [2.24, 2.45) is 0 Å². The summed E-state index contributed by atoms with van der Waals surface area (Å²) >= 11 is 1.29. The number of carbonyl (C=O) groups excluding carboxylic acids is 1. The number of fused-ring (bicyclic) bond motifs is 1. The van der Waals surface area contributed by atoms with Gasteiger partial charge in [-0.25, -0.2) is 13.4 Å². The number of methoxy groups -OCH3 is 1. The fraction of sp³-hybridized carbons (Fsp3) is 0.304. The van der Waals surface area contributed by atoms with Gasteiger partial charge in [0.25, 0.3) is 0 Å². The number of nitrogens with one attached hydrogen (secondary N) is 1. The first-order valence-corrected chi connectivity index (χ1v) is 13.1. The van der Waals surface area contributed by atoms with E-state index >= 15 is 0 Å². The smallest absolute Gasteiger partial charge is 0.244 e. The lowest BCUT2D eigenvalue weighted by atomic mass is 10.0. The zero-order chi connectivity index (χ0) is 23.7. The van der Waals surface area contributed by atoms with Crippen molar-refractivity contribution in [2.45, 2.75) is 30.2 Å². The van der Waals surface area contributed by atoms with Crippen molar-refractivity contribution < 1.29 is 27.4 Å². The lowest BCUT2D eigenvalue weighted by Crippen LogP contribution is -2.49. The maximum absolute atomic E-state index is 13.4. The number of ether oxygens (including phenoxy) is 3. The topological polar surface area (TPSA) is 107 Å². The summed E-state index contributed by atoms with van der Waals surface area (Å²) in [5.74, 6) is 1.24. The molecule has 34 heavy (non-hydrogen) atoms. The number of anilines is 1. The van der Waals surface area contributed by atoms with Gasteiger partial charge in [0.2, 0.25) is 22.7 Å². The largest absolute Gasteiger partial charge is 0.497 e. The molecule has 0 bridgehead atoms. The van der Waals surface area contributed by atoms with Gasteiger partial charge in [-0.2, -0.15) is 4.31 Å². The first kappa shape index (κ1) is 22.6. The molecule has 2 aromatic carbocycles. The Morgan fingerprint density at radius 2 is 1.94 bits per heavy atom. The summed E-state index contributed by atoms with van der Waals surface area (Å²) in [5.41, 5.74) is 1.61. The molecular formula is C23H23N3O6S2. The van der Waals surface area contributed by atoms with E-state index in [0.29, 0.717) is 29.5 Å². The van der Waals surface area contributed by atoms with E-state index < -0.39 is 16.1 Å². The molecule has 2 aliphatic heterocycles. The number of sulfonamides is 1. The molecule has 0 aliphatic carbocycles. The van der Waals surface area contributed by atoms with Crippen LogP contribution in [0.15, 0.2) is 52.7 Å². The fourth-order valence-electron chi connectivity index (χ4n) is 4.04. The normalized spacial score (nSPS) is 18.0. The van der Waals surface area contributed by atoms with Crippen LogP contribution < -0.4 is 19.5 Å². The van der Waals surface area contributed by atoms with E-state index in [9.17, 15) is 13.2 Å². The van der Waals surface area contributed by atoms with Crippen LogP contribution in [0.5, 0.6) is 17.2 Å². The summed E-state index contributed by atoms with van der Waals surface area (Å²) in [7, 11) is -2.30. The molecule has 178 valence electrons. The van der Waals surface area contributed by atoms with Gasteiger partial charge in [0, 0.05) is 23.6 Å². The van der Waals surface area contributed by atoms with Crippen LogP contribution >= 0.6 is 11.3 Å². The van der Waals surface area contributed by atoms with Crippen molar-refractivity contribution in [3.8, 4) is 28.5 Å². The Balaban J connectivity index is 1.34. The zero-order valence-electron chi connectivity index (χ0n) is 18.4. The molecule has 2 aliphatic rings. The number of amides is 1. The highest BCUT2D eigenvalue weighted by Gasteiger charge is 2.38. The minimum absolute atomic E-state index is 0.0555. The predicted molar refractivity (Wildman–Crippen MR) is 127 cm³/mol. The van der Waals surface area contributed by atoms with Gasteiger partial charge in [-0.15, -0.1) is 11.3 Å². The van der Waals surface area contributed by atoms with Gasteiger partial charge in [-0.3, -0.25) is 4.79 Å². The van der Waals surface area contributed by atoms with E-state index in [-0.39, 0.29) is 24.1 Å². The molecule has 1 amide bonds. The predicted octanol–water partition coefficient (Wildman–Crippen LogP) is 3.73. The second-order valence-electron chi connectivity index (χ2n) is 7.90.